The van der Waals surface area contributed by atoms with E-state index in [9.17, 15) is 5.26 Å². The minimum Gasteiger partial charge on any atom is -0.368 e. The standard InChI is InChI=1S/C27H33N9/c28-12-17-1-2-23(31-14-17)36-5-3-22(4-6-36)34-26-32-15-21(13-29)25(35-26)33-16-27-9-18-7-19(10-27)24(30)20(8-18)11-27/h1-2,14-15,18-20,22,24H,3-11,16,30H2,(H2,32,33,34,35)/t18?,19-,20+,24-,27-. The molecule has 3 heterocycles. The van der Waals surface area contributed by atoms with Crippen molar-refractivity contribution in [1.82, 2.24) is 15.0 Å². The van der Waals surface area contributed by atoms with Gasteiger partial charge in [0.05, 0.1) is 11.8 Å². The number of piperidine rings is 1. The molecule has 1 unspecified atom stereocenters. The number of nitrogens with zero attached hydrogens (tertiary/aromatic N) is 6. The van der Waals surface area contributed by atoms with Crippen LogP contribution in [0.4, 0.5) is 17.6 Å². The Bertz CT molecular complexity index is 1170. The van der Waals surface area contributed by atoms with E-state index in [0.717, 1.165) is 44.2 Å². The van der Waals surface area contributed by atoms with Crippen LogP contribution < -0.4 is 21.3 Å². The lowest BCUT2D eigenvalue weighted by atomic mass is 9.48. The lowest BCUT2D eigenvalue weighted by Crippen LogP contribution is -2.58. The monoisotopic (exact) mass is 483 g/mol. The van der Waals surface area contributed by atoms with Crippen molar-refractivity contribution < 1.29 is 0 Å². The van der Waals surface area contributed by atoms with Gasteiger partial charge < -0.3 is 21.3 Å². The van der Waals surface area contributed by atoms with E-state index < -0.39 is 0 Å². The van der Waals surface area contributed by atoms with Crippen LogP contribution in [0.5, 0.6) is 0 Å². The highest BCUT2D eigenvalue weighted by Gasteiger charge is 2.54. The Morgan fingerprint density at radius 3 is 2.47 bits per heavy atom. The Balaban J connectivity index is 1.08. The number of nitrogens with one attached hydrogen (secondary N) is 2. The van der Waals surface area contributed by atoms with Gasteiger partial charge in [-0.25, -0.2) is 9.97 Å². The number of nitrogens with two attached hydrogens (primary N) is 1. The fraction of sp³-hybridized carbons (Fsp3) is 0.593. The minimum absolute atomic E-state index is 0.255. The van der Waals surface area contributed by atoms with Crippen LogP contribution in [0.25, 0.3) is 0 Å². The molecule has 2 aromatic heterocycles. The van der Waals surface area contributed by atoms with Crippen molar-refractivity contribution in [3.05, 3.63) is 35.7 Å². The zero-order valence-electron chi connectivity index (χ0n) is 20.5. The zero-order chi connectivity index (χ0) is 24.7. The lowest BCUT2D eigenvalue weighted by Gasteiger charge is -2.59. The number of hydrogen-bond donors (Lipinski definition) is 3. The van der Waals surface area contributed by atoms with E-state index in [4.69, 9.17) is 16.0 Å². The fourth-order valence-electron chi connectivity index (χ4n) is 7.46. The first-order valence-electron chi connectivity index (χ1n) is 13.2. The van der Waals surface area contributed by atoms with E-state index in [1.807, 2.05) is 12.1 Å². The molecule has 4 saturated carbocycles. The number of rotatable bonds is 6. The summed E-state index contributed by atoms with van der Waals surface area (Å²) < 4.78 is 0. The summed E-state index contributed by atoms with van der Waals surface area (Å²) in [6.07, 6.45) is 11.4. The van der Waals surface area contributed by atoms with E-state index in [-0.39, 0.29) is 11.5 Å². The Hall–Kier alpha value is -3.43. The molecule has 9 nitrogen and oxygen atoms in total. The molecule has 5 fully saturated rings. The van der Waals surface area contributed by atoms with Gasteiger partial charge in [-0.05, 0) is 80.2 Å². The van der Waals surface area contributed by atoms with Gasteiger partial charge in [-0.2, -0.15) is 15.5 Å². The molecule has 4 N–H and O–H groups in total. The lowest BCUT2D eigenvalue weighted by molar-refractivity contribution is -0.0591. The van der Waals surface area contributed by atoms with Gasteiger partial charge in [0, 0.05) is 37.9 Å². The average Bonchev–Trinajstić information content (AvgIpc) is 2.91. The summed E-state index contributed by atoms with van der Waals surface area (Å²) in [7, 11) is 0. The first-order valence-corrected chi connectivity index (χ1v) is 13.2. The molecule has 0 aromatic carbocycles. The molecular formula is C27H33N9. The van der Waals surface area contributed by atoms with Crippen molar-refractivity contribution in [2.24, 2.45) is 28.9 Å². The molecule has 186 valence electrons. The first-order chi connectivity index (χ1) is 17.5. The van der Waals surface area contributed by atoms with Gasteiger partial charge in [0.2, 0.25) is 5.95 Å². The number of hydrogen-bond acceptors (Lipinski definition) is 9. The summed E-state index contributed by atoms with van der Waals surface area (Å²) in [5.41, 5.74) is 7.88. The van der Waals surface area contributed by atoms with Crippen molar-refractivity contribution in [1.29, 1.82) is 10.5 Å². The third-order valence-corrected chi connectivity index (χ3v) is 9.04. The summed E-state index contributed by atoms with van der Waals surface area (Å²) in [5.74, 6) is 4.22. The molecule has 2 aromatic rings. The maximum atomic E-state index is 9.66. The SMILES string of the molecule is N#Cc1ccc(N2CCC(Nc3ncc(C#N)c(NC[C@]45CC6C[C@H](C4)[C@@H](N)[C@@H](C6)C5)n3)CC2)nc1. The first kappa shape index (κ1) is 23.0. The van der Waals surface area contributed by atoms with Crippen LogP contribution in [-0.4, -0.2) is 46.7 Å². The van der Waals surface area contributed by atoms with E-state index in [1.165, 1.54) is 32.1 Å². The van der Waals surface area contributed by atoms with Gasteiger partial charge in [-0.15, -0.1) is 0 Å². The molecule has 5 atom stereocenters. The quantitative estimate of drug-likeness (QED) is 0.565. The van der Waals surface area contributed by atoms with Crippen molar-refractivity contribution in [2.45, 2.75) is 57.0 Å². The summed E-state index contributed by atoms with van der Waals surface area (Å²) >= 11 is 0. The van der Waals surface area contributed by atoms with Crippen molar-refractivity contribution >= 4 is 17.6 Å². The molecule has 1 aliphatic heterocycles. The van der Waals surface area contributed by atoms with E-state index in [1.54, 1.807) is 12.4 Å². The van der Waals surface area contributed by atoms with Crippen LogP contribution in [0.3, 0.4) is 0 Å². The van der Waals surface area contributed by atoms with Crippen LogP contribution >= 0.6 is 0 Å². The van der Waals surface area contributed by atoms with Crippen molar-refractivity contribution in [3.63, 3.8) is 0 Å². The van der Waals surface area contributed by atoms with E-state index in [0.29, 0.717) is 40.8 Å². The average molecular weight is 484 g/mol. The van der Waals surface area contributed by atoms with Crippen LogP contribution in [-0.2, 0) is 0 Å². The Morgan fingerprint density at radius 2 is 1.81 bits per heavy atom. The highest BCUT2D eigenvalue weighted by molar-refractivity contribution is 5.54. The molecule has 0 spiro atoms. The predicted octanol–water partition coefficient (Wildman–Crippen LogP) is 3.26. The van der Waals surface area contributed by atoms with Crippen LogP contribution in [0.2, 0.25) is 0 Å². The second kappa shape index (κ2) is 9.22. The highest BCUT2D eigenvalue weighted by atomic mass is 15.2. The van der Waals surface area contributed by atoms with Gasteiger partial charge in [-0.1, -0.05) is 0 Å². The maximum absolute atomic E-state index is 9.66. The second-order valence-corrected chi connectivity index (χ2v) is 11.4. The third-order valence-electron chi connectivity index (χ3n) is 9.04. The van der Waals surface area contributed by atoms with Crippen LogP contribution in [0.1, 0.15) is 56.1 Å². The minimum atomic E-state index is 0.255. The van der Waals surface area contributed by atoms with Gasteiger partial charge in [0.15, 0.2) is 0 Å². The predicted molar refractivity (Wildman–Crippen MR) is 137 cm³/mol. The molecule has 4 bridgehead atoms. The summed E-state index contributed by atoms with van der Waals surface area (Å²) in [5, 5.41) is 25.7. The molecule has 4 aliphatic carbocycles. The molecule has 7 rings (SSSR count). The molecule has 0 amide bonds. The molecule has 0 radical (unpaired) electrons. The maximum Gasteiger partial charge on any atom is 0.224 e. The molecule has 36 heavy (non-hydrogen) atoms. The number of nitriles is 2. The van der Waals surface area contributed by atoms with Crippen molar-refractivity contribution in [2.75, 3.05) is 35.2 Å². The van der Waals surface area contributed by atoms with E-state index >= 15 is 0 Å². The van der Waals surface area contributed by atoms with Crippen LogP contribution in [0.15, 0.2) is 24.5 Å². The van der Waals surface area contributed by atoms with Gasteiger partial charge in [0.1, 0.15) is 29.3 Å². The largest absolute Gasteiger partial charge is 0.368 e. The Kier molecular flexibility index (Phi) is 5.89. The Morgan fingerprint density at radius 1 is 1.03 bits per heavy atom. The fourth-order valence-corrected chi connectivity index (χ4v) is 7.46. The van der Waals surface area contributed by atoms with Gasteiger partial charge in [0.25, 0.3) is 0 Å². The topological polar surface area (TPSA) is 140 Å². The van der Waals surface area contributed by atoms with Gasteiger partial charge in [-0.3, -0.25) is 0 Å². The number of anilines is 3. The highest BCUT2D eigenvalue weighted by Crippen LogP contribution is 2.59. The summed E-state index contributed by atoms with van der Waals surface area (Å²) in [6, 6.07) is 8.71. The normalized spacial score (nSPS) is 31.0. The third kappa shape index (κ3) is 4.33. The molecule has 5 aliphatic rings. The van der Waals surface area contributed by atoms with Crippen molar-refractivity contribution in [3.8, 4) is 12.1 Å². The number of pyridine rings is 1. The molecular weight excluding hydrogens is 450 g/mol. The smallest absolute Gasteiger partial charge is 0.224 e. The summed E-state index contributed by atoms with van der Waals surface area (Å²) in [4.78, 5) is 15.8. The Labute approximate surface area is 212 Å². The van der Waals surface area contributed by atoms with E-state index in [2.05, 4.69) is 37.6 Å². The molecule has 9 heteroatoms. The summed E-state index contributed by atoms with van der Waals surface area (Å²) in [6.45, 7) is 2.59. The van der Waals surface area contributed by atoms with Gasteiger partial charge >= 0.3 is 0 Å². The second-order valence-electron chi connectivity index (χ2n) is 11.4. The van der Waals surface area contributed by atoms with Crippen LogP contribution in [0, 0.1) is 45.8 Å². The zero-order valence-corrected chi connectivity index (χ0v) is 20.5. The number of aromatic nitrogens is 3. The molecule has 1 saturated heterocycles.